The first-order chi connectivity index (χ1) is 8.67. The van der Waals surface area contributed by atoms with E-state index in [0.717, 1.165) is 0 Å². The molecule has 0 saturated heterocycles. The summed E-state index contributed by atoms with van der Waals surface area (Å²) in [6.07, 6.45) is 0. The molecule has 2 aromatic rings. The molecule has 0 radical (unpaired) electrons. The molecule has 2 rings (SSSR count). The molecule has 8 heteroatoms. The molecular weight excluding hydrogens is 240 g/mol. The summed E-state index contributed by atoms with van der Waals surface area (Å²) in [6.45, 7) is 0.126. The number of hydrogen-bond donors (Lipinski definition) is 1. The van der Waals surface area contributed by atoms with Crippen molar-refractivity contribution in [2.24, 2.45) is 5.73 Å². The molecule has 94 valence electrons. The van der Waals surface area contributed by atoms with E-state index in [-0.39, 0.29) is 23.9 Å². The van der Waals surface area contributed by atoms with Gasteiger partial charge >= 0.3 is 5.69 Å². The second-order valence-corrected chi connectivity index (χ2v) is 3.33. The Kier molecular flexibility index (Phi) is 3.20. The van der Waals surface area contributed by atoms with Crippen molar-refractivity contribution in [3.8, 4) is 17.2 Å². The van der Waals surface area contributed by atoms with Gasteiger partial charge in [-0.1, -0.05) is 11.2 Å². The molecule has 0 atom stereocenters. The highest BCUT2D eigenvalue weighted by Crippen LogP contribution is 2.36. The Morgan fingerprint density at radius 2 is 2.33 bits per heavy atom. The van der Waals surface area contributed by atoms with E-state index in [0.29, 0.717) is 11.4 Å². The Balaban J connectivity index is 2.56. The highest BCUT2D eigenvalue weighted by atomic mass is 16.6. The van der Waals surface area contributed by atoms with Crippen molar-refractivity contribution in [3.05, 3.63) is 34.1 Å². The lowest BCUT2D eigenvalue weighted by molar-refractivity contribution is -0.385. The van der Waals surface area contributed by atoms with E-state index >= 15 is 0 Å². The van der Waals surface area contributed by atoms with Gasteiger partial charge < -0.3 is 15.0 Å². The molecule has 0 unspecified atom stereocenters. The van der Waals surface area contributed by atoms with Crippen molar-refractivity contribution >= 4 is 5.69 Å². The standard InChI is InChI=1S/C10H10N4O4/c1-17-9-6(3-2-4-7(9)14(15)16)10-12-8(5-11)13-18-10/h2-4H,5,11H2,1H3. The molecule has 0 aliphatic rings. The fourth-order valence-electron chi connectivity index (χ4n) is 1.50. The average Bonchev–Trinajstić information content (AvgIpc) is 2.86. The number of nitrogens with zero attached hydrogens (tertiary/aromatic N) is 3. The molecule has 0 amide bonds. The zero-order valence-electron chi connectivity index (χ0n) is 9.49. The maximum absolute atomic E-state index is 10.9. The van der Waals surface area contributed by atoms with Gasteiger partial charge in [-0.3, -0.25) is 10.1 Å². The van der Waals surface area contributed by atoms with E-state index in [1.165, 1.54) is 19.2 Å². The van der Waals surface area contributed by atoms with Crippen LogP contribution in [0.15, 0.2) is 22.7 Å². The second-order valence-electron chi connectivity index (χ2n) is 3.33. The number of nitro groups is 1. The summed E-state index contributed by atoms with van der Waals surface area (Å²) in [4.78, 5) is 14.3. The lowest BCUT2D eigenvalue weighted by atomic mass is 10.1. The van der Waals surface area contributed by atoms with Crippen LogP contribution in [0.4, 0.5) is 5.69 Å². The fourth-order valence-corrected chi connectivity index (χ4v) is 1.50. The fraction of sp³-hybridized carbons (Fsp3) is 0.200. The van der Waals surface area contributed by atoms with Gasteiger partial charge in [0.15, 0.2) is 5.82 Å². The van der Waals surface area contributed by atoms with Gasteiger partial charge in [0.25, 0.3) is 5.89 Å². The minimum Gasteiger partial charge on any atom is -0.490 e. The smallest absolute Gasteiger partial charge is 0.311 e. The van der Waals surface area contributed by atoms with E-state index in [9.17, 15) is 10.1 Å². The first kappa shape index (κ1) is 12.0. The largest absolute Gasteiger partial charge is 0.490 e. The van der Waals surface area contributed by atoms with Crippen LogP contribution in [0, 0.1) is 10.1 Å². The van der Waals surface area contributed by atoms with Crippen molar-refractivity contribution < 1.29 is 14.2 Å². The van der Waals surface area contributed by atoms with Crippen LogP contribution < -0.4 is 10.5 Å². The molecule has 0 aliphatic heterocycles. The third kappa shape index (κ3) is 2.00. The van der Waals surface area contributed by atoms with Crippen LogP contribution >= 0.6 is 0 Å². The first-order valence-electron chi connectivity index (χ1n) is 5.01. The summed E-state index contributed by atoms with van der Waals surface area (Å²) in [5.41, 5.74) is 5.56. The van der Waals surface area contributed by atoms with Gasteiger partial charge in [0.05, 0.1) is 24.1 Å². The molecule has 0 aliphatic carbocycles. The van der Waals surface area contributed by atoms with Gasteiger partial charge in [-0.15, -0.1) is 0 Å². The van der Waals surface area contributed by atoms with E-state index in [4.69, 9.17) is 15.0 Å². The van der Waals surface area contributed by atoms with Gasteiger partial charge in [-0.05, 0) is 6.07 Å². The first-order valence-corrected chi connectivity index (χ1v) is 5.01. The number of aromatic nitrogens is 2. The van der Waals surface area contributed by atoms with Gasteiger partial charge in [-0.25, -0.2) is 0 Å². The number of methoxy groups -OCH3 is 1. The van der Waals surface area contributed by atoms with Crippen molar-refractivity contribution in [1.29, 1.82) is 0 Å². The van der Waals surface area contributed by atoms with Crippen LogP contribution in [0.25, 0.3) is 11.5 Å². The molecule has 0 spiro atoms. The van der Waals surface area contributed by atoms with Crippen LogP contribution in [-0.2, 0) is 6.54 Å². The number of rotatable bonds is 4. The second kappa shape index (κ2) is 4.80. The number of benzene rings is 1. The van der Waals surface area contributed by atoms with Crippen molar-refractivity contribution in [1.82, 2.24) is 10.1 Å². The van der Waals surface area contributed by atoms with Crippen molar-refractivity contribution in [2.45, 2.75) is 6.54 Å². The molecule has 0 saturated carbocycles. The number of hydrogen-bond acceptors (Lipinski definition) is 7. The summed E-state index contributed by atoms with van der Waals surface area (Å²) in [5.74, 6) is 0.532. The van der Waals surface area contributed by atoms with Gasteiger partial charge in [0, 0.05) is 6.07 Å². The molecule has 1 heterocycles. The molecule has 1 aromatic heterocycles. The highest BCUT2D eigenvalue weighted by Gasteiger charge is 2.22. The summed E-state index contributed by atoms with van der Waals surface area (Å²) in [7, 11) is 1.34. The van der Waals surface area contributed by atoms with Crippen molar-refractivity contribution in [2.75, 3.05) is 7.11 Å². The molecule has 1 aromatic carbocycles. The topological polar surface area (TPSA) is 117 Å². The Morgan fingerprint density at radius 1 is 1.56 bits per heavy atom. The van der Waals surface area contributed by atoms with Crippen LogP contribution in [0.1, 0.15) is 5.82 Å². The maximum Gasteiger partial charge on any atom is 0.311 e. The Hall–Kier alpha value is -2.48. The molecule has 2 N–H and O–H groups in total. The van der Waals surface area contributed by atoms with E-state index in [1.807, 2.05) is 0 Å². The zero-order chi connectivity index (χ0) is 13.1. The third-order valence-electron chi connectivity index (χ3n) is 2.28. The van der Waals surface area contributed by atoms with Crippen LogP contribution in [0.2, 0.25) is 0 Å². The van der Waals surface area contributed by atoms with Crippen LogP contribution in [-0.4, -0.2) is 22.2 Å². The predicted octanol–water partition coefficient (Wildman–Crippen LogP) is 1.11. The van der Waals surface area contributed by atoms with Gasteiger partial charge in [0.1, 0.15) is 0 Å². The van der Waals surface area contributed by atoms with E-state index < -0.39 is 4.92 Å². The average molecular weight is 250 g/mol. The summed E-state index contributed by atoms with van der Waals surface area (Å²) in [6, 6.07) is 4.45. The minimum atomic E-state index is -0.539. The summed E-state index contributed by atoms with van der Waals surface area (Å²) < 4.78 is 10.0. The lowest BCUT2D eigenvalue weighted by Crippen LogP contribution is -1.98. The molecule has 18 heavy (non-hydrogen) atoms. The zero-order valence-corrected chi connectivity index (χ0v) is 9.49. The highest BCUT2D eigenvalue weighted by molar-refractivity contribution is 5.69. The molecule has 0 fully saturated rings. The molecule has 8 nitrogen and oxygen atoms in total. The SMILES string of the molecule is COc1c(-c2nc(CN)no2)cccc1[N+](=O)[O-]. The predicted molar refractivity (Wildman–Crippen MR) is 60.8 cm³/mol. The Bertz CT molecular complexity index is 581. The monoisotopic (exact) mass is 250 g/mol. The normalized spacial score (nSPS) is 10.3. The number of nitro benzene ring substituents is 1. The maximum atomic E-state index is 10.9. The Labute approximate surface area is 102 Å². The van der Waals surface area contributed by atoms with Gasteiger partial charge in [0.2, 0.25) is 5.75 Å². The Morgan fingerprint density at radius 3 is 2.89 bits per heavy atom. The minimum absolute atomic E-state index is 0.0784. The van der Waals surface area contributed by atoms with Crippen LogP contribution in [0.5, 0.6) is 5.75 Å². The third-order valence-corrected chi connectivity index (χ3v) is 2.28. The van der Waals surface area contributed by atoms with Gasteiger partial charge in [-0.2, -0.15) is 4.98 Å². The molecule has 0 bridgehead atoms. The van der Waals surface area contributed by atoms with E-state index in [2.05, 4.69) is 10.1 Å². The summed E-state index contributed by atoms with van der Waals surface area (Å²) >= 11 is 0. The number of nitrogens with two attached hydrogens (primary N) is 1. The lowest BCUT2D eigenvalue weighted by Gasteiger charge is -2.04. The number of para-hydroxylation sites is 1. The quantitative estimate of drug-likeness (QED) is 0.637. The summed E-state index contributed by atoms with van der Waals surface area (Å²) in [5, 5.41) is 14.5. The number of ether oxygens (including phenoxy) is 1. The molecular formula is C10H10N4O4. The van der Waals surface area contributed by atoms with Crippen LogP contribution in [0.3, 0.4) is 0 Å². The van der Waals surface area contributed by atoms with Crippen molar-refractivity contribution in [3.63, 3.8) is 0 Å². The van der Waals surface area contributed by atoms with E-state index in [1.54, 1.807) is 6.07 Å².